The van der Waals surface area contributed by atoms with Crippen molar-refractivity contribution in [2.24, 2.45) is 0 Å². The molecule has 0 aromatic heterocycles. The highest BCUT2D eigenvalue weighted by molar-refractivity contribution is 7.98. The van der Waals surface area contributed by atoms with E-state index >= 15 is 0 Å². The molecule has 0 aliphatic carbocycles. The molecule has 1 unspecified atom stereocenters. The summed E-state index contributed by atoms with van der Waals surface area (Å²) in [6.45, 7) is 1.92. The van der Waals surface area contributed by atoms with E-state index in [2.05, 4.69) is 5.32 Å². The fourth-order valence-corrected chi connectivity index (χ4v) is 2.52. The molecule has 0 heterocycles. The fourth-order valence-electron chi connectivity index (χ4n) is 2.06. The van der Waals surface area contributed by atoms with Gasteiger partial charge < -0.3 is 5.32 Å². The first kappa shape index (κ1) is 14.4. The topological polar surface area (TPSA) is 55.2 Å². The first-order valence-corrected chi connectivity index (χ1v) is 7.48. The standard InChI is InChI=1S/C15H16N2O2S/c1-11(14-8-3-4-9-15(14)17(18)19)16-12-6-5-7-13(10-12)20-2/h3-11,16H,1-2H3. The van der Waals surface area contributed by atoms with Gasteiger partial charge in [0.05, 0.1) is 16.5 Å². The smallest absolute Gasteiger partial charge is 0.274 e. The van der Waals surface area contributed by atoms with Crippen LogP contribution in [0.2, 0.25) is 0 Å². The number of nitro groups is 1. The van der Waals surface area contributed by atoms with Crippen molar-refractivity contribution in [2.75, 3.05) is 11.6 Å². The van der Waals surface area contributed by atoms with Gasteiger partial charge in [-0.15, -0.1) is 11.8 Å². The minimum atomic E-state index is -0.341. The second kappa shape index (κ2) is 6.43. The number of nitrogens with one attached hydrogen (secondary N) is 1. The van der Waals surface area contributed by atoms with Crippen LogP contribution >= 0.6 is 11.8 Å². The third-order valence-electron chi connectivity index (χ3n) is 3.05. The maximum atomic E-state index is 11.1. The lowest BCUT2D eigenvalue weighted by Crippen LogP contribution is -2.09. The summed E-state index contributed by atoms with van der Waals surface area (Å²) in [6.07, 6.45) is 2.02. The summed E-state index contributed by atoms with van der Waals surface area (Å²) in [5.74, 6) is 0. The molecular formula is C15H16N2O2S. The van der Waals surface area contributed by atoms with Crippen LogP contribution in [-0.2, 0) is 0 Å². The van der Waals surface area contributed by atoms with Crippen molar-refractivity contribution in [3.05, 3.63) is 64.2 Å². The van der Waals surface area contributed by atoms with E-state index in [4.69, 9.17) is 0 Å². The van der Waals surface area contributed by atoms with E-state index in [0.717, 1.165) is 10.6 Å². The Kier molecular flexibility index (Phi) is 4.63. The van der Waals surface area contributed by atoms with Gasteiger partial charge in [0.25, 0.3) is 5.69 Å². The lowest BCUT2D eigenvalue weighted by molar-refractivity contribution is -0.385. The summed E-state index contributed by atoms with van der Waals surface area (Å²) in [5, 5.41) is 14.4. The molecule has 104 valence electrons. The van der Waals surface area contributed by atoms with Crippen molar-refractivity contribution in [1.29, 1.82) is 0 Å². The highest BCUT2D eigenvalue weighted by Crippen LogP contribution is 2.28. The van der Waals surface area contributed by atoms with Crippen LogP contribution in [0.4, 0.5) is 11.4 Å². The molecule has 0 saturated heterocycles. The Bertz CT molecular complexity index is 616. The van der Waals surface area contributed by atoms with Gasteiger partial charge in [0.1, 0.15) is 0 Å². The number of thioether (sulfide) groups is 1. The summed E-state index contributed by atoms with van der Waals surface area (Å²) in [5.41, 5.74) is 1.79. The zero-order valence-corrected chi connectivity index (χ0v) is 12.2. The summed E-state index contributed by atoms with van der Waals surface area (Å²) in [6, 6.07) is 14.7. The molecule has 0 radical (unpaired) electrons. The number of anilines is 1. The van der Waals surface area contributed by atoms with E-state index in [1.165, 1.54) is 6.07 Å². The van der Waals surface area contributed by atoms with Gasteiger partial charge in [0.2, 0.25) is 0 Å². The molecule has 0 bridgehead atoms. The SMILES string of the molecule is CSc1cccc(NC(C)c2ccccc2[N+](=O)[O-])c1. The van der Waals surface area contributed by atoms with E-state index in [1.807, 2.05) is 43.5 Å². The molecule has 0 saturated carbocycles. The molecule has 1 N–H and O–H groups in total. The molecule has 20 heavy (non-hydrogen) atoms. The molecule has 2 rings (SSSR count). The Morgan fingerprint density at radius 2 is 1.95 bits per heavy atom. The highest BCUT2D eigenvalue weighted by atomic mass is 32.2. The molecular weight excluding hydrogens is 272 g/mol. The number of para-hydroxylation sites is 1. The van der Waals surface area contributed by atoms with E-state index < -0.39 is 0 Å². The van der Waals surface area contributed by atoms with Crippen molar-refractivity contribution in [1.82, 2.24) is 0 Å². The van der Waals surface area contributed by atoms with Crippen molar-refractivity contribution < 1.29 is 4.92 Å². The number of nitrogens with zero attached hydrogens (tertiary/aromatic N) is 1. The molecule has 5 heteroatoms. The van der Waals surface area contributed by atoms with Crippen LogP contribution in [0.1, 0.15) is 18.5 Å². The summed E-state index contributed by atoms with van der Waals surface area (Å²) in [4.78, 5) is 11.9. The molecule has 0 spiro atoms. The maximum Gasteiger partial charge on any atom is 0.274 e. The van der Waals surface area contributed by atoms with Crippen LogP contribution in [0, 0.1) is 10.1 Å². The van der Waals surface area contributed by atoms with Crippen LogP contribution in [0.5, 0.6) is 0 Å². The predicted octanol–water partition coefficient (Wildman–Crippen LogP) is 4.49. The summed E-state index contributed by atoms with van der Waals surface area (Å²) in [7, 11) is 0. The normalized spacial score (nSPS) is 11.9. The predicted molar refractivity (Wildman–Crippen MR) is 83.4 cm³/mol. The molecule has 2 aromatic rings. The number of nitro benzene ring substituents is 1. The largest absolute Gasteiger partial charge is 0.378 e. The van der Waals surface area contributed by atoms with Gasteiger partial charge in [0.15, 0.2) is 0 Å². The molecule has 0 aliphatic rings. The molecule has 0 fully saturated rings. The monoisotopic (exact) mass is 288 g/mol. The Morgan fingerprint density at radius 1 is 1.20 bits per heavy atom. The molecule has 4 nitrogen and oxygen atoms in total. The van der Waals surface area contributed by atoms with Crippen molar-refractivity contribution in [2.45, 2.75) is 17.9 Å². The van der Waals surface area contributed by atoms with Crippen LogP contribution < -0.4 is 5.32 Å². The average Bonchev–Trinajstić information content (AvgIpc) is 2.47. The number of hydrogen-bond donors (Lipinski definition) is 1. The van der Waals surface area contributed by atoms with E-state index in [0.29, 0.717) is 5.56 Å². The first-order valence-electron chi connectivity index (χ1n) is 6.25. The van der Waals surface area contributed by atoms with Gasteiger partial charge in [-0.1, -0.05) is 24.3 Å². The summed E-state index contributed by atoms with van der Waals surface area (Å²) >= 11 is 1.67. The van der Waals surface area contributed by atoms with Gasteiger partial charge >= 0.3 is 0 Å². The van der Waals surface area contributed by atoms with E-state index in [1.54, 1.807) is 23.9 Å². The molecule has 0 aliphatic heterocycles. The zero-order valence-electron chi connectivity index (χ0n) is 11.4. The highest BCUT2D eigenvalue weighted by Gasteiger charge is 2.17. The van der Waals surface area contributed by atoms with Gasteiger partial charge in [-0.2, -0.15) is 0 Å². The zero-order chi connectivity index (χ0) is 14.5. The van der Waals surface area contributed by atoms with E-state index in [9.17, 15) is 10.1 Å². The van der Waals surface area contributed by atoms with Crippen LogP contribution in [0.3, 0.4) is 0 Å². The van der Waals surface area contributed by atoms with Crippen LogP contribution in [0.25, 0.3) is 0 Å². The fraction of sp³-hybridized carbons (Fsp3) is 0.200. The quantitative estimate of drug-likeness (QED) is 0.500. The Morgan fingerprint density at radius 3 is 2.65 bits per heavy atom. The molecule has 0 amide bonds. The van der Waals surface area contributed by atoms with Crippen LogP contribution in [-0.4, -0.2) is 11.2 Å². The van der Waals surface area contributed by atoms with Gasteiger partial charge in [-0.25, -0.2) is 0 Å². The lowest BCUT2D eigenvalue weighted by atomic mass is 10.1. The summed E-state index contributed by atoms with van der Waals surface area (Å²) < 4.78 is 0. The number of benzene rings is 2. The first-order chi connectivity index (χ1) is 9.61. The molecule has 1 atom stereocenters. The number of rotatable bonds is 5. The minimum absolute atomic E-state index is 0.131. The van der Waals surface area contributed by atoms with Crippen molar-refractivity contribution >= 4 is 23.1 Å². The second-order valence-electron chi connectivity index (χ2n) is 4.41. The Hall–Kier alpha value is -2.01. The average molecular weight is 288 g/mol. The van der Waals surface area contributed by atoms with Gasteiger partial charge in [-0.3, -0.25) is 10.1 Å². The second-order valence-corrected chi connectivity index (χ2v) is 5.29. The minimum Gasteiger partial charge on any atom is -0.378 e. The Balaban J connectivity index is 2.23. The van der Waals surface area contributed by atoms with Gasteiger partial charge in [0, 0.05) is 16.6 Å². The van der Waals surface area contributed by atoms with Gasteiger partial charge in [-0.05, 0) is 31.4 Å². The third kappa shape index (κ3) is 3.30. The Labute approximate surface area is 122 Å². The lowest BCUT2D eigenvalue weighted by Gasteiger charge is -2.16. The maximum absolute atomic E-state index is 11.1. The third-order valence-corrected chi connectivity index (χ3v) is 3.78. The number of hydrogen-bond acceptors (Lipinski definition) is 4. The van der Waals surface area contributed by atoms with Crippen LogP contribution in [0.15, 0.2) is 53.4 Å². The van der Waals surface area contributed by atoms with Crippen molar-refractivity contribution in [3.63, 3.8) is 0 Å². The van der Waals surface area contributed by atoms with E-state index in [-0.39, 0.29) is 16.7 Å². The van der Waals surface area contributed by atoms with Crippen molar-refractivity contribution in [3.8, 4) is 0 Å². The molecule has 2 aromatic carbocycles.